The van der Waals surface area contributed by atoms with Gasteiger partial charge < -0.3 is 0 Å². The van der Waals surface area contributed by atoms with E-state index in [2.05, 4.69) is 24.0 Å². The molecule has 2 rings (SSSR count). The van der Waals surface area contributed by atoms with Crippen LogP contribution in [0.2, 0.25) is 0 Å². The first-order chi connectivity index (χ1) is 9.47. The average Bonchev–Trinajstić information content (AvgIpc) is 2.41. The van der Waals surface area contributed by atoms with E-state index in [4.69, 9.17) is 11.6 Å². The zero-order valence-electron chi connectivity index (χ0n) is 11.3. The Morgan fingerprint density at radius 2 is 1.95 bits per heavy atom. The number of nitrogens with one attached hydrogen (secondary N) is 1. The molecule has 0 spiro atoms. The van der Waals surface area contributed by atoms with Gasteiger partial charge in [-0.2, -0.15) is 5.10 Å². The Labute approximate surface area is 121 Å². The summed E-state index contributed by atoms with van der Waals surface area (Å²) in [6, 6.07) is 9.55. The van der Waals surface area contributed by atoms with Gasteiger partial charge in [0.1, 0.15) is 0 Å². The number of carbonyl (C=O) groups excluding carboxylic acids is 1. The van der Waals surface area contributed by atoms with Gasteiger partial charge in [0.25, 0.3) is 5.56 Å². The number of aromatic nitrogens is 2. The largest absolute Gasteiger partial charge is 0.281 e. The lowest BCUT2D eigenvalue weighted by atomic mass is 10.0. The molecule has 4 nitrogen and oxygen atoms in total. The lowest BCUT2D eigenvalue weighted by Gasteiger charge is -2.07. The fraction of sp³-hybridized carbons (Fsp3) is 0.267. The highest BCUT2D eigenvalue weighted by atomic mass is 35.5. The summed E-state index contributed by atoms with van der Waals surface area (Å²) in [7, 11) is 0. The van der Waals surface area contributed by atoms with Gasteiger partial charge in [-0.3, -0.25) is 9.59 Å². The number of benzene rings is 1. The zero-order valence-corrected chi connectivity index (χ0v) is 12.1. The molecule has 1 N–H and O–H groups in total. The third-order valence-electron chi connectivity index (χ3n) is 3.08. The van der Waals surface area contributed by atoms with Crippen molar-refractivity contribution < 1.29 is 4.79 Å². The van der Waals surface area contributed by atoms with Crippen LogP contribution in [0.1, 0.15) is 30.9 Å². The fourth-order valence-electron chi connectivity index (χ4n) is 1.91. The Hall–Kier alpha value is -1.94. The molecule has 1 aromatic carbocycles. The van der Waals surface area contributed by atoms with Crippen LogP contribution in [-0.2, 0) is 11.2 Å². The van der Waals surface area contributed by atoms with Gasteiger partial charge in [-0.1, -0.05) is 38.1 Å². The van der Waals surface area contributed by atoms with Gasteiger partial charge in [0.05, 0.1) is 12.1 Å². The number of aromatic amines is 1. The first kappa shape index (κ1) is 14.5. The van der Waals surface area contributed by atoms with Crippen molar-refractivity contribution in [2.75, 3.05) is 0 Å². The van der Waals surface area contributed by atoms with Crippen molar-refractivity contribution in [1.29, 1.82) is 0 Å². The Morgan fingerprint density at radius 3 is 2.50 bits per heavy atom. The van der Waals surface area contributed by atoms with Crippen LogP contribution < -0.4 is 5.56 Å². The number of nitrogens with zero attached hydrogens (tertiary/aromatic N) is 1. The van der Waals surface area contributed by atoms with Crippen molar-refractivity contribution in [2.45, 2.75) is 26.2 Å². The van der Waals surface area contributed by atoms with E-state index in [0.717, 1.165) is 5.56 Å². The monoisotopic (exact) mass is 290 g/mol. The Balaban J connectivity index is 2.37. The molecule has 0 saturated carbocycles. The minimum Gasteiger partial charge on any atom is -0.281 e. The molecular formula is C15H15ClN2O2. The molecule has 0 radical (unpaired) electrons. The Morgan fingerprint density at radius 1 is 1.30 bits per heavy atom. The summed E-state index contributed by atoms with van der Waals surface area (Å²) in [5.74, 6) is 0.456. The van der Waals surface area contributed by atoms with Gasteiger partial charge in [0.2, 0.25) is 5.24 Å². The van der Waals surface area contributed by atoms with Crippen molar-refractivity contribution in [3.05, 3.63) is 51.8 Å². The molecule has 1 heterocycles. The van der Waals surface area contributed by atoms with Crippen LogP contribution in [0, 0.1) is 0 Å². The molecule has 0 bridgehead atoms. The third kappa shape index (κ3) is 3.33. The minimum atomic E-state index is -0.567. The minimum absolute atomic E-state index is 0.101. The first-order valence-electron chi connectivity index (χ1n) is 6.34. The van der Waals surface area contributed by atoms with Gasteiger partial charge in [0, 0.05) is 11.1 Å². The molecule has 0 amide bonds. The number of hydrogen-bond acceptors (Lipinski definition) is 3. The molecule has 0 aliphatic rings. The third-order valence-corrected chi connectivity index (χ3v) is 3.22. The van der Waals surface area contributed by atoms with Crippen molar-refractivity contribution >= 4 is 16.8 Å². The van der Waals surface area contributed by atoms with E-state index in [1.54, 1.807) is 6.07 Å². The van der Waals surface area contributed by atoms with Crippen LogP contribution >= 0.6 is 11.6 Å². The molecule has 0 saturated heterocycles. The van der Waals surface area contributed by atoms with Crippen LogP contribution in [0.4, 0.5) is 0 Å². The number of halogens is 1. The van der Waals surface area contributed by atoms with Crippen LogP contribution in [-0.4, -0.2) is 15.4 Å². The van der Waals surface area contributed by atoms with E-state index in [0.29, 0.717) is 17.2 Å². The highest BCUT2D eigenvalue weighted by molar-refractivity contribution is 6.63. The van der Waals surface area contributed by atoms with E-state index in [-0.39, 0.29) is 12.0 Å². The van der Waals surface area contributed by atoms with Crippen molar-refractivity contribution in [3.63, 3.8) is 0 Å². The molecular weight excluding hydrogens is 276 g/mol. The Kier molecular flexibility index (Phi) is 4.35. The van der Waals surface area contributed by atoms with Gasteiger partial charge in [-0.05, 0) is 29.1 Å². The van der Waals surface area contributed by atoms with Gasteiger partial charge in [0.15, 0.2) is 0 Å². The van der Waals surface area contributed by atoms with E-state index < -0.39 is 5.24 Å². The summed E-state index contributed by atoms with van der Waals surface area (Å²) in [5.41, 5.74) is 2.67. The summed E-state index contributed by atoms with van der Waals surface area (Å²) in [6.07, 6.45) is -0.101. The SMILES string of the molecule is CC(C)c1ccc(-c2cc(CC(=O)Cl)c(=O)[nH]n2)cc1. The van der Waals surface area contributed by atoms with E-state index in [1.807, 2.05) is 24.3 Å². The summed E-state index contributed by atoms with van der Waals surface area (Å²) in [5, 5.41) is 5.83. The molecule has 20 heavy (non-hydrogen) atoms. The average molecular weight is 291 g/mol. The van der Waals surface area contributed by atoms with Crippen LogP contribution in [0.15, 0.2) is 35.1 Å². The van der Waals surface area contributed by atoms with Crippen LogP contribution in [0.5, 0.6) is 0 Å². The quantitative estimate of drug-likeness (QED) is 0.881. The molecule has 0 aliphatic heterocycles. The maximum absolute atomic E-state index is 11.6. The highest BCUT2D eigenvalue weighted by Crippen LogP contribution is 2.20. The van der Waals surface area contributed by atoms with E-state index in [9.17, 15) is 9.59 Å². The number of H-pyrrole nitrogens is 1. The molecule has 0 fully saturated rings. The van der Waals surface area contributed by atoms with Crippen LogP contribution in [0.25, 0.3) is 11.3 Å². The maximum atomic E-state index is 11.6. The summed E-state index contributed by atoms with van der Waals surface area (Å²) in [6.45, 7) is 4.24. The van der Waals surface area contributed by atoms with Crippen molar-refractivity contribution in [1.82, 2.24) is 10.2 Å². The summed E-state index contributed by atoms with van der Waals surface area (Å²) < 4.78 is 0. The first-order valence-corrected chi connectivity index (χ1v) is 6.72. The molecule has 104 valence electrons. The zero-order chi connectivity index (χ0) is 14.7. The number of rotatable bonds is 4. The second-order valence-electron chi connectivity index (χ2n) is 4.92. The molecule has 1 aromatic heterocycles. The lowest BCUT2D eigenvalue weighted by molar-refractivity contribution is -0.111. The Bertz CT molecular complexity index is 675. The smallest absolute Gasteiger partial charge is 0.267 e. The molecule has 2 aromatic rings. The highest BCUT2D eigenvalue weighted by Gasteiger charge is 2.09. The standard InChI is InChI=1S/C15H15ClN2O2/c1-9(2)10-3-5-11(6-4-10)13-7-12(8-14(16)19)15(20)18-17-13/h3-7,9H,8H2,1-2H3,(H,18,20). The second kappa shape index (κ2) is 6.01. The van der Waals surface area contributed by atoms with Gasteiger partial charge in [-0.25, -0.2) is 5.10 Å². The molecule has 0 aliphatic carbocycles. The van der Waals surface area contributed by atoms with Gasteiger partial charge >= 0.3 is 0 Å². The second-order valence-corrected chi connectivity index (χ2v) is 5.34. The van der Waals surface area contributed by atoms with E-state index >= 15 is 0 Å². The molecule has 0 atom stereocenters. The number of hydrogen-bond donors (Lipinski definition) is 1. The van der Waals surface area contributed by atoms with Crippen molar-refractivity contribution in [2.24, 2.45) is 0 Å². The van der Waals surface area contributed by atoms with Crippen molar-refractivity contribution in [3.8, 4) is 11.3 Å². The van der Waals surface area contributed by atoms with Crippen LogP contribution in [0.3, 0.4) is 0 Å². The topological polar surface area (TPSA) is 62.8 Å². The predicted octanol–water partition coefficient (Wildman–Crippen LogP) is 2.87. The van der Waals surface area contributed by atoms with Gasteiger partial charge in [-0.15, -0.1) is 0 Å². The fourth-order valence-corrected chi connectivity index (χ4v) is 2.06. The molecule has 0 unspecified atom stereocenters. The summed E-state index contributed by atoms with van der Waals surface area (Å²) in [4.78, 5) is 22.5. The van der Waals surface area contributed by atoms with E-state index in [1.165, 1.54) is 5.56 Å². The maximum Gasteiger partial charge on any atom is 0.267 e. The molecule has 5 heteroatoms. The lowest BCUT2D eigenvalue weighted by Crippen LogP contribution is -2.16. The predicted molar refractivity (Wildman–Crippen MR) is 78.9 cm³/mol. The summed E-state index contributed by atoms with van der Waals surface area (Å²) >= 11 is 5.33. The normalized spacial score (nSPS) is 10.8. The number of carbonyl (C=O) groups is 1.